The topological polar surface area (TPSA) is 60.1 Å². The Morgan fingerprint density at radius 3 is 2.85 bits per heavy atom. The highest BCUT2D eigenvalue weighted by atomic mass is 19.1. The number of carbonyl (C=O) groups excluding carboxylic acids is 1. The molecule has 6 heteroatoms. The summed E-state index contributed by atoms with van der Waals surface area (Å²) in [7, 11) is 0. The Hall–Kier alpha value is -3.41. The highest BCUT2D eigenvalue weighted by Crippen LogP contribution is 2.25. The van der Waals surface area contributed by atoms with Crippen LogP contribution in [-0.4, -0.2) is 15.5 Å². The number of amides is 1. The predicted octanol–water partition coefficient (Wildman–Crippen LogP) is 4.06. The van der Waals surface area contributed by atoms with Crippen LogP contribution in [0.25, 0.3) is 11.1 Å². The Morgan fingerprint density at radius 1 is 1.22 bits per heavy atom. The number of aryl methyl sites for hydroxylation is 1. The fourth-order valence-corrected chi connectivity index (χ4v) is 3.10. The van der Waals surface area contributed by atoms with E-state index in [4.69, 9.17) is 4.42 Å². The first-order valence-corrected chi connectivity index (χ1v) is 8.62. The molecule has 0 radical (unpaired) electrons. The Balaban J connectivity index is 1.66. The standard InChI is InChI=1S/C21H18FN3O2/c1-14-9-18-20(27-14)10-19(21(26)24-12-15-5-4-8-23-11-15)25(18)13-16-6-2-3-7-17(16)22/h2-11H,12-13H2,1H3,(H,24,26). The monoisotopic (exact) mass is 363 g/mol. The fourth-order valence-electron chi connectivity index (χ4n) is 3.10. The van der Waals surface area contributed by atoms with E-state index in [9.17, 15) is 9.18 Å². The lowest BCUT2D eigenvalue weighted by molar-refractivity contribution is 0.0942. The smallest absolute Gasteiger partial charge is 0.268 e. The van der Waals surface area contributed by atoms with Crippen molar-refractivity contribution in [2.45, 2.75) is 20.0 Å². The second-order valence-electron chi connectivity index (χ2n) is 6.36. The van der Waals surface area contributed by atoms with Crippen molar-refractivity contribution in [1.82, 2.24) is 14.9 Å². The van der Waals surface area contributed by atoms with Crippen LogP contribution >= 0.6 is 0 Å². The quantitative estimate of drug-likeness (QED) is 0.582. The van der Waals surface area contributed by atoms with Crippen LogP contribution in [-0.2, 0) is 13.1 Å². The summed E-state index contributed by atoms with van der Waals surface area (Å²) in [4.78, 5) is 16.8. The van der Waals surface area contributed by atoms with Gasteiger partial charge in [0, 0.05) is 36.6 Å². The number of furan rings is 1. The number of halogens is 1. The second kappa shape index (κ2) is 7.07. The van der Waals surface area contributed by atoms with E-state index in [1.54, 1.807) is 41.2 Å². The predicted molar refractivity (Wildman–Crippen MR) is 99.9 cm³/mol. The maximum absolute atomic E-state index is 14.1. The molecule has 136 valence electrons. The molecular formula is C21H18FN3O2. The van der Waals surface area contributed by atoms with Gasteiger partial charge in [-0.25, -0.2) is 4.39 Å². The molecule has 4 rings (SSSR count). The SMILES string of the molecule is Cc1cc2c(cc(C(=O)NCc3cccnc3)n2Cc2ccccc2F)o1. The van der Waals surface area contributed by atoms with E-state index >= 15 is 0 Å². The van der Waals surface area contributed by atoms with E-state index in [0.717, 1.165) is 16.8 Å². The third-order valence-corrected chi connectivity index (χ3v) is 4.41. The summed E-state index contributed by atoms with van der Waals surface area (Å²) >= 11 is 0. The highest BCUT2D eigenvalue weighted by Gasteiger charge is 2.19. The number of hydrogen-bond donors (Lipinski definition) is 1. The van der Waals surface area contributed by atoms with Gasteiger partial charge in [-0.05, 0) is 24.6 Å². The molecule has 4 aromatic rings. The maximum Gasteiger partial charge on any atom is 0.268 e. The van der Waals surface area contributed by atoms with Gasteiger partial charge < -0.3 is 14.3 Å². The Labute approximate surface area is 155 Å². The molecular weight excluding hydrogens is 345 g/mol. The number of rotatable bonds is 5. The molecule has 0 bridgehead atoms. The molecule has 1 amide bonds. The van der Waals surface area contributed by atoms with Crippen LogP contribution in [0.5, 0.6) is 0 Å². The summed E-state index contributed by atoms with van der Waals surface area (Å²) in [6.45, 7) is 2.44. The summed E-state index contributed by atoms with van der Waals surface area (Å²) in [5.74, 6) is 0.185. The summed E-state index contributed by atoms with van der Waals surface area (Å²) < 4.78 is 21.6. The highest BCUT2D eigenvalue weighted by molar-refractivity contribution is 5.97. The number of pyridine rings is 1. The molecule has 0 aliphatic rings. The number of benzene rings is 1. The second-order valence-corrected chi connectivity index (χ2v) is 6.36. The lowest BCUT2D eigenvalue weighted by Gasteiger charge is -2.11. The van der Waals surface area contributed by atoms with E-state index < -0.39 is 0 Å². The van der Waals surface area contributed by atoms with Crippen molar-refractivity contribution >= 4 is 17.0 Å². The Morgan fingerprint density at radius 2 is 2.07 bits per heavy atom. The largest absolute Gasteiger partial charge is 0.460 e. The Bertz CT molecular complexity index is 1100. The van der Waals surface area contributed by atoms with Crippen LogP contribution in [0.15, 0.2) is 65.3 Å². The first-order chi connectivity index (χ1) is 13.1. The lowest BCUT2D eigenvalue weighted by atomic mass is 10.2. The third-order valence-electron chi connectivity index (χ3n) is 4.41. The van der Waals surface area contributed by atoms with Crippen molar-refractivity contribution in [2.24, 2.45) is 0 Å². The fraction of sp³-hybridized carbons (Fsp3) is 0.143. The number of fused-ring (bicyclic) bond motifs is 1. The van der Waals surface area contributed by atoms with E-state index in [1.807, 2.05) is 25.1 Å². The zero-order valence-corrected chi connectivity index (χ0v) is 14.8. The van der Waals surface area contributed by atoms with E-state index in [0.29, 0.717) is 23.4 Å². The van der Waals surface area contributed by atoms with Crippen molar-refractivity contribution < 1.29 is 13.6 Å². The first-order valence-electron chi connectivity index (χ1n) is 8.62. The lowest BCUT2D eigenvalue weighted by Crippen LogP contribution is -2.25. The van der Waals surface area contributed by atoms with Crippen LogP contribution in [0, 0.1) is 12.7 Å². The van der Waals surface area contributed by atoms with E-state index in [1.165, 1.54) is 6.07 Å². The molecule has 0 saturated carbocycles. The zero-order valence-electron chi connectivity index (χ0n) is 14.8. The molecule has 3 heterocycles. The van der Waals surface area contributed by atoms with Gasteiger partial charge in [0.15, 0.2) is 5.58 Å². The van der Waals surface area contributed by atoms with E-state index in [-0.39, 0.29) is 18.3 Å². The summed E-state index contributed by atoms with van der Waals surface area (Å²) in [6, 6.07) is 13.8. The molecule has 3 aromatic heterocycles. The third kappa shape index (κ3) is 3.46. The van der Waals surface area contributed by atoms with Crippen LogP contribution in [0.2, 0.25) is 0 Å². The van der Waals surface area contributed by atoms with Gasteiger partial charge in [-0.3, -0.25) is 9.78 Å². The van der Waals surface area contributed by atoms with Gasteiger partial charge >= 0.3 is 0 Å². The molecule has 0 aliphatic carbocycles. The normalized spacial score (nSPS) is 11.0. The number of carbonyl (C=O) groups is 1. The molecule has 1 aromatic carbocycles. The van der Waals surface area contributed by atoms with Crippen LogP contribution < -0.4 is 5.32 Å². The zero-order chi connectivity index (χ0) is 18.8. The average Bonchev–Trinajstić information content (AvgIpc) is 3.19. The van der Waals surface area contributed by atoms with Gasteiger partial charge in [-0.15, -0.1) is 0 Å². The molecule has 0 fully saturated rings. The van der Waals surface area contributed by atoms with Crippen molar-refractivity contribution in [3.8, 4) is 0 Å². The summed E-state index contributed by atoms with van der Waals surface area (Å²) in [5.41, 5.74) is 3.21. The minimum absolute atomic E-state index is 0.241. The van der Waals surface area contributed by atoms with E-state index in [2.05, 4.69) is 10.3 Å². The van der Waals surface area contributed by atoms with Crippen molar-refractivity contribution in [2.75, 3.05) is 0 Å². The molecule has 0 saturated heterocycles. The molecule has 1 N–H and O–H groups in total. The van der Waals surface area contributed by atoms with Gasteiger partial charge in [0.25, 0.3) is 5.91 Å². The molecule has 0 unspecified atom stereocenters. The summed E-state index contributed by atoms with van der Waals surface area (Å²) in [6.07, 6.45) is 3.38. The molecule has 0 spiro atoms. The van der Waals surface area contributed by atoms with Gasteiger partial charge in [-0.1, -0.05) is 24.3 Å². The van der Waals surface area contributed by atoms with Gasteiger partial charge in [0.05, 0.1) is 12.1 Å². The van der Waals surface area contributed by atoms with Gasteiger partial charge in [-0.2, -0.15) is 0 Å². The number of nitrogens with zero attached hydrogens (tertiary/aromatic N) is 2. The van der Waals surface area contributed by atoms with Crippen molar-refractivity contribution in [1.29, 1.82) is 0 Å². The average molecular weight is 363 g/mol. The molecule has 0 aliphatic heterocycles. The minimum Gasteiger partial charge on any atom is -0.460 e. The molecule has 5 nitrogen and oxygen atoms in total. The number of hydrogen-bond acceptors (Lipinski definition) is 3. The van der Waals surface area contributed by atoms with Crippen LogP contribution in [0.4, 0.5) is 4.39 Å². The molecule has 0 atom stereocenters. The Kier molecular flexibility index (Phi) is 4.46. The van der Waals surface area contributed by atoms with Crippen LogP contribution in [0.1, 0.15) is 27.4 Å². The maximum atomic E-state index is 14.1. The summed E-state index contributed by atoms with van der Waals surface area (Å²) in [5, 5.41) is 2.89. The van der Waals surface area contributed by atoms with Gasteiger partial charge in [0.1, 0.15) is 17.3 Å². The van der Waals surface area contributed by atoms with Crippen molar-refractivity contribution in [3.05, 3.63) is 89.3 Å². The van der Waals surface area contributed by atoms with Gasteiger partial charge in [0.2, 0.25) is 0 Å². The first kappa shape index (κ1) is 17.0. The minimum atomic E-state index is -0.304. The molecule has 27 heavy (non-hydrogen) atoms. The van der Waals surface area contributed by atoms with Crippen LogP contribution in [0.3, 0.4) is 0 Å². The number of aromatic nitrogens is 2. The number of nitrogens with one attached hydrogen (secondary N) is 1. The van der Waals surface area contributed by atoms with Crippen molar-refractivity contribution in [3.63, 3.8) is 0 Å².